The van der Waals surface area contributed by atoms with Crippen molar-refractivity contribution in [2.24, 2.45) is 0 Å². The topological polar surface area (TPSA) is 88.3 Å². The van der Waals surface area contributed by atoms with E-state index in [0.29, 0.717) is 12.1 Å². The smallest absolute Gasteiger partial charge is 0.358 e. The highest BCUT2D eigenvalue weighted by atomic mass is 16.4. The fourth-order valence-corrected chi connectivity index (χ4v) is 2.77. The minimum atomic E-state index is -1.08. The first kappa shape index (κ1) is 16.5. The number of rotatable bonds is 6. The van der Waals surface area contributed by atoms with E-state index in [1.54, 1.807) is 0 Å². The first-order chi connectivity index (χ1) is 10.6. The number of amides is 1. The van der Waals surface area contributed by atoms with Crippen LogP contribution < -0.4 is 0 Å². The van der Waals surface area contributed by atoms with Crippen molar-refractivity contribution in [2.45, 2.75) is 58.4 Å². The van der Waals surface area contributed by atoms with Crippen molar-refractivity contribution in [3.63, 3.8) is 0 Å². The second-order valence-corrected chi connectivity index (χ2v) is 5.75. The molecule has 0 saturated carbocycles. The average molecular weight is 308 g/mol. The van der Waals surface area contributed by atoms with Gasteiger partial charge in [-0.1, -0.05) is 31.4 Å². The molecule has 1 aliphatic rings. The third kappa shape index (κ3) is 4.05. The van der Waals surface area contributed by atoms with E-state index in [1.165, 1.54) is 4.68 Å². The minimum Gasteiger partial charge on any atom is -0.476 e. The van der Waals surface area contributed by atoms with E-state index in [-0.39, 0.29) is 18.1 Å². The zero-order valence-corrected chi connectivity index (χ0v) is 13.1. The Bertz CT molecular complexity index is 519. The third-order valence-electron chi connectivity index (χ3n) is 4.05. The second-order valence-electron chi connectivity index (χ2n) is 5.75. The monoisotopic (exact) mass is 308 g/mol. The lowest BCUT2D eigenvalue weighted by Gasteiger charge is -2.20. The van der Waals surface area contributed by atoms with Gasteiger partial charge < -0.3 is 10.0 Å². The van der Waals surface area contributed by atoms with Crippen LogP contribution in [-0.2, 0) is 17.8 Å². The summed E-state index contributed by atoms with van der Waals surface area (Å²) in [5.41, 5.74) is 0.523. The van der Waals surface area contributed by atoms with Crippen LogP contribution in [0.5, 0.6) is 0 Å². The summed E-state index contributed by atoms with van der Waals surface area (Å²) in [4.78, 5) is 25.5. The molecule has 1 saturated heterocycles. The van der Waals surface area contributed by atoms with Gasteiger partial charge in [0.1, 0.15) is 6.54 Å². The Morgan fingerprint density at radius 3 is 2.45 bits per heavy atom. The molecule has 0 aromatic carbocycles. The van der Waals surface area contributed by atoms with E-state index < -0.39 is 5.97 Å². The van der Waals surface area contributed by atoms with E-state index in [1.807, 2.05) is 11.8 Å². The second kappa shape index (κ2) is 7.91. The van der Waals surface area contributed by atoms with Gasteiger partial charge >= 0.3 is 5.97 Å². The van der Waals surface area contributed by atoms with Crippen LogP contribution in [-0.4, -0.2) is 50.0 Å². The highest BCUT2D eigenvalue weighted by Crippen LogP contribution is 2.13. The summed E-state index contributed by atoms with van der Waals surface area (Å²) < 4.78 is 1.46. The van der Waals surface area contributed by atoms with Crippen LogP contribution in [0.2, 0.25) is 0 Å². The highest BCUT2D eigenvalue weighted by molar-refractivity contribution is 5.86. The summed E-state index contributed by atoms with van der Waals surface area (Å²) >= 11 is 0. The summed E-state index contributed by atoms with van der Waals surface area (Å²) in [6.45, 7) is 3.68. The zero-order valence-electron chi connectivity index (χ0n) is 13.1. The summed E-state index contributed by atoms with van der Waals surface area (Å²) in [5, 5.41) is 16.8. The number of nitrogens with zero attached hydrogens (tertiary/aromatic N) is 4. The fourth-order valence-electron chi connectivity index (χ4n) is 2.77. The van der Waals surface area contributed by atoms with Crippen molar-refractivity contribution < 1.29 is 14.7 Å². The van der Waals surface area contributed by atoms with Crippen molar-refractivity contribution in [3.05, 3.63) is 11.4 Å². The number of carboxylic acid groups (broad SMARTS) is 1. The van der Waals surface area contributed by atoms with Gasteiger partial charge in [0.15, 0.2) is 5.69 Å². The Morgan fingerprint density at radius 1 is 1.18 bits per heavy atom. The fraction of sp³-hybridized carbons (Fsp3) is 0.733. The minimum absolute atomic E-state index is 0.00138. The maximum atomic E-state index is 12.4. The number of hydrogen-bond donors (Lipinski definition) is 1. The molecule has 2 heterocycles. The highest BCUT2D eigenvalue weighted by Gasteiger charge is 2.22. The molecule has 7 heteroatoms. The lowest BCUT2D eigenvalue weighted by molar-refractivity contribution is -0.132. The van der Waals surface area contributed by atoms with Gasteiger partial charge in [-0.25, -0.2) is 9.48 Å². The number of aromatic nitrogens is 3. The number of carboxylic acids is 1. The van der Waals surface area contributed by atoms with Gasteiger partial charge in [-0.05, 0) is 25.7 Å². The Hall–Kier alpha value is -1.92. The van der Waals surface area contributed by atoms with Gasteiger partial charge in [0.2, 0.25) is 5.91 Å². The molecule has 22 heavy (non-hydrogen) atoms. The lowest BCUT2D eigenvalue weighted by atomic mass is 10.1. The van der Waals surface area contributed by atoms with Gasteiger partial charge in [-0.2, -0.15) is 0 Å². The van der Waals surface area contributed by atoms with E-state index in [4.69, 9.17) is 0 Å². The molecule has 1 aromatic rings. The van der Waals surface area contributed by atoms with Crippen LogP contribution in [0, 0.1) is 0 Å². The quantitative estimate of drug-likeness (QED) is 0.864. The van der Waals surface area contributed by atoms with E-state index in [9.17, 15) is 14.7 Å². The van der Waals surface area contributed by atoms with Crippen molar-refractivity contribution in [2.75, 3.05) is 13.1 Å². The predicted molar refractivity (Wildman–Crippen MR) is 80.6 cm³/mol. The molecular weight excluding hydrogens is 284 g/mol. The molecule has 1 amide bonds. The van der Waals surface area contributed by atoms with Gasteiger partial charge in [-0.15, -0.1) is 5.10 Å². The first-order valence-corrected chi connectivity index (χ1v) is 8.07. The number of aromatic carboxylic acids is 1. The Balaban J connectivity index is 2.10. The van der Waals surface area contributed by atoms with Crippen molar-refractivity contribution in [1.29, 1.82) is 0 Å². The van der Waals surface area contributed by atoms with Crippen molar-refractivity contribution in [1.82, 2.24) is 19.9 Å². The zero-order chi connectivity index (χ0) is 15.9. The molecule has 1 N–H and O–H groups in total. The van der Waals surface area contributed by atoms with Crippen LogP contribution in [0.15, 0.2) is 0 Å². The van der Waals surface area contributed by atoms with E-state index in [0.717, 1.165) is 51.6 Å². The van der Waals surface area contributed by atoms with Crippen LogP contribution in [0.4, 0.5) is 0 Å². The molecule has 0 unspecified atom stereocenters. The van der Waals surface area contributed by atoms with Crippen molar-refractivity contribution >= 4 is 11.9 Å². The van der Waals surface area contributed by atoms with Crippen LogP contribution in [0.25, 0.3) is 0 Å². The number of likely N-dealkylation sites (tertiary alicyclic amines) is 1. The largest absolute Gasteiger partial charge is 0.476 e. The number of unbranched alkanes of at least 4 members (excludes halogenated alkanes) is 1. The molecule has 7 nitrogen and oxygen atoms in total. The molecule has 1 fully saturated rings. The average Bonchev–Trinajstić information content (AvgIpc) is 2.72. The maximum absolute atomic E-state index is 12.4. The van der Waals surface area contributed by atoms with Gasteiger partial charge in [0, 0.05) is 13.1 Å². The number of hydrogen-bond acceptors (Lipinski definition) is 4. The molecule has 1 aliphatic heterocycles. The Labute approximate surface area is 130 Å². The van der Waals surface area contributed by atoms with Crippen molar-refractivity contribution in [3.8, 4) is 0 Å². The predicted octanol–water partition coefficient (Wildman–Crippen LogP) is 1.72. The lowest BCUT2D eigenvalue weighted by Crippen LogP contribution is -2.35. The van der Waals surface area contributed by atoms with E-state index >= 15 is 0 Å². The van der Waals surface area contributed by atoms with Gasteiger partial charge in [-0.3, -0.25) is 4.79 Å². The summed E-state index contributed by atoms with van der Waals surface area (Å²) in [7, 11) is 0. The molecule has 0 atom stereocenters. The van der Waals surface area contributed by atoms with Crippen LogP contribution in [0.1, 0.15) is 61.6 Å². The Morgan fingerprint density at radius 2 is 1.86 bits per heavy atom. The molecule has 2 rings (SSSR count). The Kier molecular flexibility index (Phi) is 5.91. The SMILES string of the molecule is CCCCc1c(C(=O)O)nnn1CC(=O)N1CCCCCC1. The van der Waals surface area contributed by atoms with Crippen LogP contribution >= 0.6 is 0 Å². The summed E-state index contributed by atoms with van der Waals surface area (Å²) in [5.74, 6) is -1.08. The third-order valence-corrected chi connectivity index (χ3v) is 4.05. The van der Waals surface area contributed by atoms with Gasteiger partial charge in [0.25, 0.3) is 0 Å². The molecule has 1 aromatic heterocycles. The van der Waals surface area contributed by atoms with E-state index in [2.05, 4.69) is 10.3 Å². The first-order valence-electron chi connectivity index (χ1n) is 8.07. The number of carbonyl (C=O) groups excluding carboxylic acids is 1. The van der Waals surface area contributed by atoms with Gasteiger partial charge in [0.05, 0.1) is 5.69 Å². The molecule has 122 valence electrons. The molecular formula is C15H24N4O3. The number of carbonyl (C=O) groups is 2. The van der Waals surface area contributed by atoms with Crippen LogP contribution in [0.3, 0.4) is 0 Å². The molecule has 0 bridgehead atoms. The summed E-state index contributed by atoms with van der Waals surface area (Å²) in [6.07, 6.45) is 6.78. The maximum Gasteiger partial charge on any atom is 0.358 e. The normalized spacial score (nSPS) is 15.6. The molecule has 0 spiro atoms. The molecule has 0 aliphatic carbocycles. The summed E-state index contributed by atoms with van der Waals surface area (Å²) in [6, 6.07) is 0. The standard InChI is InChI=1S/C15H24N4O3/c1-2-3-8-12-14(15(21)22)16-17-19(12)11-13(20)18-9-6-4-5-7-10-18/h2-11H2,1H3,(H,21,22). The molecule has 0 radical (unpaired) electrons.